The van der Waals surface area contributed by atoms with E-state index in [1.165, 1.54) is 17.0 Å². The van der Waals surface area contributed by atoms with Crippen molar-refractivity contribution in [2.75, 3.05) is 26.2 Å². The Hall–Kier alpha value is -3.26. The highest BCUT2D eigenvalue weighted by atomic mass is 19.2. The maximum Gasteiger partial charge on any atom is 0.321 e. The molecule has 2 aromatic carbocycles. The number of H-pyrrole nitrogens is 1. The average molecular weight is 496 g/mol. The van der Waals surface area contributed by atoms with Crippen LogP contribution >= 0.6 is 0 Å². The second-order valence-electron chi connectivity index (χ2n) is 10.0. The molecule has 1 aromatic heterocycles. The molecule has 0 spiro atoms. The third-order valence-corrected chi connectivity index (χ3v) is 7.92. The van der Waals surface area contributed by atoms with E-state index in [9.17, 15) is 23.5 Å². The minimum atomic E-state index is -0.961. The normalized spacial score (nSPS) is 19.0. The van der Waals surface area contributed by atoms with E-state index in [-0.39, 0.29) is 18.2 Å². The molecule has 3 aromatic rings. The first-order valence-electron chi connectivity index (χ1n) is 12.7. The van der Waals surface area contributed by atoms with Crippen LogP contribution in [0.1, 0.15) is 42.7 Å². The summed E-state index contributed by atoms with van der Waals surface area (Å²) in [6.07, 6.45) is 5.15. The maximum absolute atomic E-state index is 13.5. The lowest BCUT2D eigenvalue weighted by Crippen LogP contribution is -2.52. The van der Waals surface area contributed by atoms with Gasteiger partial charge in [0.1, 0.15) is 6.04 Å². The SMILES string of the molecule is O=C(O)C(C1CCN(C(=O)Cc2ccc(F)c(F)c2)CC1)N1CCC(c2c[nH]c3ccccc23)CC1. The first-order valence-corrected chi connectivity index (χ1v) is 12.7. The number of hydrogen-bond donors (Lipinski definition) is 2. The average Bonchev–Trinajstić information content (AvgIpc) is 3.31. The zero-order valence-corrected chi connectivity index (χ0v) is 20.1. The zero-order valence-electron chi connectivity index (χ0n) is 20.1. The lowest BCUT2D eigenvalue weighted by Gasteiger charge is -2.42. The molecule has 36 heavy (non-hydrogen) atoms. The summed E-state index contributed by atoms with van der Waals surface area (Å²) in [5, 5.41) is 11.3. The fourth-order valence-corrected chi connectivity index (χ4v) is 5.98. The molecule has 2 N–H and O–H groups in total. The van der Waals surface area contributed by atoms with Crippen molar-refractivity contribution in [2.24, 2.45) is 5.92 Å². The lowest BCUT2D eigenvalue weighted by molar-refractivity contribution is -0.147. The van der Waals surface area contributed by atoms with Gasteiger partial charge in [0.25, 0.3) is 0 Å². The van der Waals surface area contributed by atoms with Crippen LogP contribution in [0, 0.1) is 17.6 Å². The van der Waals surface area contributed by atoms with Gasteiger partial charge in [0.05, 0.1) is 6.42 Å². The standard InChI is InChI=1S/C28H31F2N3O3/c29-23-6-5-18(15-24(23)30)16-26(34)32-11-9-20(10-12-32)27(28(35)36)33-13-7-19(8-14-33)22-17-31-25-4-2-1-3-21(22)25/h1-6,15,17,19-20,27,31H,7-14,16H2,(H,35,36). The van der Waals surface area contributed by atoms with Gasteiger partial charge in [-0.15, -0.1) is 0 Å². The number of carboxylic acids is 1. The Morgan fingerprint density at radius 2 is 1.69 bits per heavy atom. The van der Waals surface area contributed by atoms with Gasteiger partial charge in [-0.3, -0.25) is 14.5 Å². The van der Waals surface area contributed by atoms with Crippen LogP contribution in [-0.2, 0) is 16.0 Å². The summed E-state index contributed by atoms with van der Waals surface area (Å²) >= 11 is 0. The van der Waals surface area contributed by atoms with Gasteiger partial charge in [-0.25, -0.2) is 8.78 Å². The minimum absolute atomic E-state index is 0.00553. The Bertz CT molecular complexity index is 1240. The number of carbonyl (C=O) groups is 2. The van der Waals surface area contributed by atoms with Crippen molar-refractivity contribution in [2.45, 2.75) is 44.1 Å². The van der Waals surface area contributed by atoms with Crippen molar-refractivity contribution < 1.29 is 23.5 Å². The number of para-hydroxylation sites is 1. The Morgan fingerprint density at radius 3 is 2.39 bits per heavy atom. The van der Waals surface area contributed by atoms with Crippen LogP contribution in [0.4, 0.5) is 8.78 Å². The molecule has 3 heterocycles. The van der Waals surface area contributed by atoms with Gasteiger partial charge in [0.15, 0.2) is 11.6 Å². The van der Waals surface area contributed by atoms with Crippen LogP contribution in [0.15, 0.2) is 48.7 Å². The van der Waals surface area contributed by atoms with E-state index in [0.29, 0.717) is 37.4 Å². The van der Waals surface area contributed by atoms with E-state index in [2.05, 4.69) is 28.2 Å². The summed E-state index contributed by atoms with van der Waals surface area (Å²) in [7, 11) is 0. The molecular formula is C28H31F2N3O3. The molecule has 2 fully saturated rings. The van der Waals surface area contributed by atoms with E-state index < -0.39 is 23.6 Å². The third kappa shape index (κ3) is 5.00. The highest BCUT2D eigenvalue weighted by molar-refractivity contribution is 5.83. The molecular weight excluding hydrogens is 464 g/mol. The van der Waals surface area contributed by atoms with Crippen LogP contribution in [0.2, 0.25) is 0 Å². The molecule has 0 bridgehead atoms. The number of piperidine rings is 2. The number of rotatable bonds is 6. The molecule has 2 aliphatic rings. The van der Waals surface area contributed by atoms with Crippen molar-refractivity contribution in [1.82, 2.24) is 14.8 Å². The maximum atomic E-state index is 13.5. The number of halogens is 2. The van der Waals surface area contributed by atoms with Crippen LogP contribution in [0.3, 0.4) is 0 Å². The summed E-state index contributed by atoms with van der Waals surface area (Å²) in [6, 6.07) is 11.2. The molecule has 1 unspecified atom stereocenters. The van der Waals surface area contributed by atoms with Crippen molar-refractivity contribution >= 4 is 22.8 Å². The van der Waals surface area contributed by atoms with Gasteiger partial charge < -0.3 is 15.0 Å². The van der Waals surface area contributed by atoms with Gasteiger partial charge in [0, 0.05) is 30.2 Å². The summed E-state index contributed by atoms with van der Waals surface area (Å²) in [4.78, 5) is 32.2. The first-order chi connectivity index (χ1) is 17.4. The second-order valence-corrected chi connectivity index (χ2v) is 10.0. The smallest absolute Gasteiger partial charge is 0.321 e. The van der Waals surface area contributed by atoms with Gasteiger partial charge in [-0.2, -0.15) is 0 Å². The molecule has 5 rings (SSSR count). The first kappa shape index (κ1) is 24.4. The number of fused-ring (bicyclic) bond motifs is 1. The molecule has 0 saturated carbocycles. The van der Waals surface area contributed by atoms with Gasteiger partial charge >= 0.3 is 5.97 Å². The second kappa shape index (κ2) is 10.4. The Labute approximate surface area is 208 Å². The number of hydrogen-bond acceptors (Lipinski definition) is 3. The van der Waals surface area contributed by atoms with Crippen LogP contribution in [0.25, 0.3) is 10.9 Å². The minimum Gasteiger partial charge on any atom is -0.480 e. The van der Waals surface area contributed by atoms with E-state index in [1.54, 1.807) is 4.90 Å². The number of carboxylic acid groups (broad SMARTS) is 1. The van der Waals surface area contributed by atoms with Crippen molar-refractivity contribution in [3.05, 3.63) is 71.4 Å². The molecule has 2 saturated heterocycles. The number of aromatic amines is 1. The summed E-state index contributed by atoms with van der Waals surface area (Å²) in [5.74, 6) is -2.46. The fourth-order valence-electron chi connectivity index (χ4n) is 5.98. The van der Waals surface area contributed by atoms with Gasteiger partial charge in [0.2, 0.25) is 5.91 Å². The monoisotopic (exact) mass is 495 g/mol. The Morgan fingerprint density at radius 1 is 0.972 bits per heavy atom. The summed E-state index contributed by atoms with van der Waals surface area (Å²) < 4.78 is 26.6. The predicted molar refractivity (Wildman–Crippen MR) is 133 cm³/mol. The number of amides is 1. The van der Waals surface area contributed by atoms with E-state index in [0.717, 1.165) is 43.6 Å². The number of benzene rings is 2. The van der Waals surface area contributed by atoms with Crippen LogP contribution < -0.4 is 0 Å². The fraction of sp³-hybridized carbons (Fsp3) is 0.429. The molecule has 0 radical (unpaired) electrons. The molecule has 1 atom stereocenters. The van der Waals surface area contributed by atoms with Crippen LogP contribution in [0.5, 0.6) is 0 Å². The lowest BCUT2D eigenvalue weighted by atomic mass is 9.84. The summed E-state index contributed by atoms with van der Waals surface area (Å²) in [6.45, 7) is 2.42. The molecule has 0 aliphatic carbocycles. The van der Waals surface area contributed by atoms with Gasteiger partial charge in [-0.1, -0.05) is 24.3 Å². The van der Waals surface area contributed by atoms with E-state index in [1.807, 2.05) is 12.1 Å². The highest BCUT2D eigenvalue weighted by Crippen LogP contribution is 2.35. The number of aliphatic carboxylic acids is 1. The number of likely N-dealkylation sites (tertiary alicyclic amines) is 2. The van der Waals surface area contributed by atoms with E-state index in [4.69, 9.17) is 0 Å². The topological polar surface area (TPSA) is 76.6 Å². The molecule has 1 amide bonds. The van der Waals surface area contributed by atoms with Crippen molar-refractivity contribution in [1.29, 1.82) is 0 Å². The van der Waals surface area contributed by atoms with Crippen molar-refractivity contribution in [3.63, 3.8) is 0 Å². The summed E-state index contributed by atoms with van der Waals surface area (Å²) in [5.41, 5.74) is 2.87. The quantitative estimate of drug-likeness (QED) is 0.526. The molecule has 190 valence electrons. The molecule has 6 nitrogen and oxygen atoms in total. The predicted octanol–water partition coefficient (Wildman–Crippen LogP) is 4.56. The largest absolute Gasteiger partial charge is 0.480 e. The van der Waals surface area contributed by atoms with E-state index >= 15 is 0 Å². The number of nitrogens with one attached hydrogen (secondary N) is 1. The third-order valence-electron chi connectivity index (χ3n) is 7.92. The highest BCUT2D eigenvalue weighted by Gasteiger charge is 2.38. The van der Waals surface area contributed by atoms with Gasteiger partial charge in [-0.05, 0) is 79.9 Å². The number of aromatic nitrogens is 1. The Balaban J connectivity index is 1.17. The van der Waals surface area contributed by atoms with Crippen LogP contribution in [-0.4, -0.2) is 64.0 Å². The number of carbonyl (C=O) groups excluding carboxylic acids is 1. The zero-order chi connectivity index (χ0) is 25.2. The Kier molecular flexibility index (Phi) is 7.05. The molecule has 8 heteroatoms. The number of nitrogens with zero attached hydrogens (tertiary/aromatic N) is 2. The van der Waals surface area contributed by atoms with Crippen molar-refractivity contribution in [3.8, 4) is 0 Å². The molecule has 2 aliphatic heterocycles.